The number of hydrogen-bond acceptors (Lipinski definition) is 6. The van der Waals surface area contributed by atoms with Crippen LogP contribution < -0.4 is 20.1 Å². The third-order valence-electron chi connectivity index (χ3n) is 5.90. The third kappa shape index (κ3) is 2.74. The standard InChI is InChI=1S/C24H21N3O3/c1-14-4-2-5-16(10-14)27-18-6-3-7-19(28)23(18)22(17(12-25)24(27)26)15-8-9-20-21(11-15)30-13-29-20/h2,4-5,8-11,22H,3,6-7,13,26H2,1H3/t22-/m1/s1. The first kappa shape index (κ1) is 18.3. The van der Waals surface area contributed by atoms with Crippen LogP contribution in [0.4, 0.5) is 5.69 Å². The number of anilines is 1. The maximum atomic E-state index is 13.1. The van der Waals surface area contributed by atoms with Crippen LogP contribution in [0.5, 0.6) is 11.5 Å². The average Bonchev–Trinajstić information content (AvgIpc) is 3.21. The lowest BCUT2D eigenvalue weighted by molar-refractivity contribution is -0.116. The molecule has 5 rings (SSSR count). The van der Waals surface area contributed by atoms with Gasteiger partial charge < -0.3 is 15.2 Å². The van der Waals surface area contributed by atoms with Crippen molar-refractivity contribution in [3.05, 3.63) is 76.3 Å². The van der Waals surface area contributed by atoms with Gasteiger partial charge in [0.2, 0.25) is 6.79 Å². The molecule has 6 nitrogen and oxygen atoms in total. The van der Waals surface area contributed by atoms with Gasteiger partial charge in [0.1, 0.15) is 5.82 Å². The monoisotopic (exact) mass is 399 g/mol. The predicted octanol–water partition coefficient (Wildman–Crippen LogP) is 4.03. The van der Waals surface area contributed by atoms with Crippen LogP contribution in [0.2, 0.25) is 0 Å². The molecule has 2 N–H and O–H groups in total. The number of nitrogens with two attached hydrogens (primary N) is 1. The molecule has 0 fully saturated rings. The number of fused-ring (bicyclic) bond motifs is 1. The molecule has 2 aromatic carbocycles. The Morgan fingerprint density at radius 1 is 1.13 bits per heavy atom. The molecule has 30 heavy (non-hydrogen) atoms. The largest absolute Gasteiger partial charge is 0.454 e. The second-order valence-corrected chi connectivity index (χ2v) is 7.77. The van der Waals surface area contributed by atoms with E-state index in [0.717, 1.165) is 35.4 Å². The molecule has 1 atom stereocenters. The Kier molecular flexibility index (Phi) is 4.25. The van der Waals surface area contributed by atoms with E-state index in [4.69, 9.17) is 15.2 Å². The molecule has 0 unspecified atom stereocenters. The summed E-state index contributed by atoms with van der Waals surface area (Å²) in [7, 11) is 0. The lowest BCUT2D eigenvalue weighted by Gasteiger charge is -2.39. The highest BCUT2D eigenvalue weighted by atomic mass is 16.7. The van der Waals surface area contributed by atoms with Gasteiger partial charge in [-0.15, -0.1) is 0 Å². The summed E-state index contributed by atoms with van der Waals surface area (Å²) in [5.41, 5.74) is 11.3. The molecule has 0 aromatic heterocycles. The molecule has 0 amide bonds. The molecular formula is C24H21N3O3. The third-order valence-corrected chi connectivity index (χ3v) is 5.90. The Morgan fingerprint density at radius 2 is 1.97 bits per heavy atom. The SMILES string of the molecule is Cc1cccc(N2C(N)=C(C#N)[C@@H](c3ccc4c(c3)OCO4)C3=C2CCCC3=O)c1. The molecular weight excluding hydrogens is 378 g/mol. The van der Waals surface area contributed by atoms with Crippen molar-refractivity contribution in [3.63, 3.8) is 0 Å². The van der Waals surface area contributed by atoms with E-state index in [0.29, 0.717) is 34.9 Å². The summed E-state index contributed by atoms with van der Waals surface area (Å²) in [5, 5.41) is 10.1. The molecule has 0 saturated heterocycles. The van der Waals surface area contributed by atoms with Crippen LogP contribution in [-0.2, 0) is 4.79 Å². The first-order valence-corrected chi connectivity index (χ1v) is 10.0. The minimum atomic E-state index is -0.506. The van der Waals surface area contributed by atoms with Crippen molar-refractivity contribution in [2.75, 3.05) is 11.7 Å². The minimum absolute atomic E-state index is 0.0665. The molecule has 0 spiro atoms. The molecule has 0 bridgehead atoms. The quantitative estimate of drug-likeness (QED) is 0.820. The molecule has 1 aliphatic carbocycles. The fourth-order valence-electron chi connectivity index (χ4n) is 4.57. The summed E-state index contributed by atoms with van der Waals surface area (Å²) >= 11 is 0. The maximum absolute atomic E-state index is 13.1. The van der Waals surface area contributed by atoms with Crippen molar-refractivity contribution < 1.29 is 14.3 Å². The van der Waals surface area contributed by atoms with Gasteiger partial charge in [0.15, 0.2) is 17.3 Å². The Labute approximate surface area is 174 Å². The van der Waals surface area contributed by atoms with Crippen LogP contribution in [0.1, 0.15) is 36.3 Å². The number of allylic oxidation sites excluding steroid dienone is 3. The van der Waals surface area contributed by atoms with Crippen molar-refractivity contribution >= 4 is 11.5 Å². The van der Waals surface area contributed by atoms with Gasteiger partial charge in [0, 0.05) is 23.4 Å². The number of benzene rings is 2. The van der Waals surface area contributed by atoms with Gasteiger partial charge in [-0.05, 0) is 55.2 Å². The maximum Gasteiger partial charge on any atom is 0.231 e. The topological polar surface area (TPSA) is 88.6 Å². The molecule has 2 heterocycles. The van der Waals surface area contributed by atoms with E-state index in [1.165, 1.54) is 0 Å². The van der Waals surface area contributed by atoms with Gasteiger partial charge in [-0.2, -0.15) is 5.26 Å². The minimum Gasteiger partial charge on any atom is -0.454 e. The van der Waals surface area contributed by atoms with Crippen molar-refractivity contribution in [1.82, 2.24) is 0 Å². The zero-order chi connectivity index (χ0) is 20.8. The van der Waals surface area contributed by atoms with Gasteiger partial charge in [-0.3, -0.25) is 9.69 Å². The molecule has 150 valence electrons. The van der Waals surface area contributed by atoms with Gasteiger partial charge in [0.25, 0.3) is 0 Å². The van der Waals surface area contributed by atoms with E-state index in [1.807, 2.05) is 54.3 Å². The molecule has 2 aliphatic heterocycles. The number of hydrogen-bond donors (Lipinski definition) is 1. The highest BCUT2D eigenvalue weighted by Crippen LogP contribution is 2.47. The van der Waals surface area contributed by atoms with E-state index >= 15 is 0 Å². The second kappa shape index (κ2) is 6.96. The van der Waals surface area contributed by atoms with Crippen LogP contribution in [0.25, 0.3) is 0 Å². The van der Waals surface area contributed by atoms with E-state index in [-0.39, 0.29) is 12.6 Å². The predicted molar refractivity (Wildman–Crippen MR) is 112 cm³/mol. The summed E-state index contributed by atoms with van der Waals surface area (Å²) < 4.78 is 10.9. The van der Waals surface area contributed by atoms with Gasteiger partial charge in [-0.25, -0.2) is 0 Å². The Hall–Kier alpha value is -3.72. The number of ketones is 1. The Bertz CT molecular complexity index is 1170. The molecule has 3 aliphatic rings. The van der Waals surface area contributed by atoms with Crippen molar-refractivity contribution in [2.24, 2.45) is 5.73 Å². The Morgan fingerprint density at radius 3 is 2.77 bits per heavy atom. The molecule has 6 heteroatoms. The lowest BCUT2D eigenvalue weighted by atomic mass is 9.75. The Balaban J connectivity index is 1.73. The highest BCUT2D eigenvalue weighted by molar-refractivity contribution is 6.01. The van der Waals surface area contributed by atoms with Gasteiger partial charge in [-0.1, -0.05) is 18.2 Å². The van der Waals surface area contributed by atoms with Crippen LogP contribution in [0.3, 0.4) is 0 Å². The van der Waals surface area contributed by atoms with Gasteiger partial charge in [0.05, 0.1) is 17.6 Å². The van der Waals surface area contributed by atoms with Crippen molar-refractivity contribution in [1.29, 1.82) is 5.26 Å². The smallest absolute Gasteiger partial charge is 0.231 e. The van der Waals surface area contributed by atoms with Gasteiger partial charge >= 0.3 is 0 Å². The van der Waals surface area contributed by atoms with Crippen LogP contribution in [0, 0.1) is 18.3 Å². The second-order valence-electron chi connectivity index (χ2n) is 7.77. The summed E-state index contributed by atoms with van der Waals surface area (Å²) in [6, 6.07) is 15.8. The number of carbonyl (C=O) groups is 1. The normalized spacial score (nSPS) is 20.3. The summed E-state index contributed by atoms with van der Waals surface area (Å²) in [4.78, 5) is 15.0. The van der Waals surface area contributed by atoms with E-state index in [9.17, 15) is 10.1 Å². The van der Waals surface area contributed by atoms with Crippen LogP contribution >= 0.6 is 0 Å². The zero-order valence-electron chi connectivity index (χ0n) is 16.6. The number of rotatable bonds is 2. The molecule has 2 aromatic rings. The lowest BCUT2D eigenvalue weighted by Crippen LogP contribution is -2.38. The van der Waals surface area contributed by atoms with E-state index in [2.05, 4.69) is 6.07 Å². The first-order valence-electron chi connectivity index (χ1n) is 10.0. The van der Waals surface area contributed by atoms with E-state index < -0.39 is 5.92 Å². The van der Waals surface area contributed by atoms with Crippen molar-refractivity contribution in [3.8, 4) is 17.6 Å². The molecule has 0 saturated carbocycles. The van der Waals surface area contributed by atoms with Crippen LogP contribution in [-0.4, -0.2) is 12.6 Å². The number of Topliss-reactive ketones (excluding diaryl/α,β-unsaturated/α-hetero) is 1. The summed E-state index contributed by atoms with van der Waals surface area (Å²) in [6.45, 7) is 2.18. The number of ether oxygens (including phenoxy) is 2. The first-order chi connectivity index (χ1) is 14.6. The average molecular weight is 399 g/mol. The summed E-state index contributed by atoms with van der Waals surface area (Å²) in [5.74, 6) is 1.22. The fraction of sp³-hybridized carbons (Fsp3) is 0.250. The van der Waals surface area contributed by atoms with E-state index in [1.54, 1.807) is 0 Å². The highest BCUT2D eigenvalue weighted by Gasteiger charge is 2.40. The fourth-order valence-corrected chi connectivity index (χ4v) is 4.57. The molecule has 0 radical (unpaired) electrons. The van der Waals surface area contributed by atoms with Crippen LogP contribution in [0.15, 0.2) is 65.1 Å². The summed E-state index contributed by atoms with van der Waals surface area (Å²) in [6.07, 6.45) is 1.97. The number of carbonyl (C=O) groups excluding carboxylic acids is 1. The zero-order valence-corrected chi connectivity index (χ0v) is 16.6. The number of nitriles is 1. The number of aryl methyl sites for hydroxylation is 1. The number of nitrogens with zero attached hydrogens (tertiary/aromatic N) is 2. The van der Waals surface area contributed by atoms with Crippen molar-refractivity contribution in [2.45, 2.75) is 32.1 Å².